The van der Waals surface area contributed by atoms with Crippen molar-refractivity contribution in [2.45, 2.75) is 13.3 Å². The normalized spacial score (nSPS) is 14.7. The molecule has 1 aliphatic heterocycles. The number of piperazine rings is 1. The number of hydrogen-bond acceptors (Lipinski definition) is 10. The molecule has 1 aromatic heterocycles. The summed E-state index contributed by atoms with van der Waals surface area (Å²) in [6.45, 7) is 7.51. The highest BCUT2D eigenvalue weighted by Crippen LogP contribution is 2.44. The molecule has 0 bridgehead atoms. The Hall–Kier alpha value is -3.18. The van der Waals surface area contributed by atoms with Gasteiger partial charge in [0.1, 0.15) is 39.5 Å². The van der Waals surface area contributed by atoms with Crippen LogP contribution in [0.2, 0.25) is 10.0 Å². The first-order valence-corrected chi connectivity index (χ1v) is 13.0. The molecule has 0 radical (unpaired) electrons. The Morgan fingerprint density at radius 3 is 2.21 bits per heavy atom. The third-order valence-corrected chi connectivity index (χ3v) is 7.30. The molecule has 12 heteroatoms. The smallest absolute Gasteiger partial charge is 0.206 e. The Morgan fingerprint density at radius 1 is 1.00 bits per heavy atom. The molecule has 1 aliphatic rings. The number of hydrogen-bond donors (Lipinski definition) is 3. The van der Waals surface area contributed by atoms with Crippen molar-refractivity contribution in [3.05, 3.63) is 52.8 Å². The first kappa shape index (κ1) is 27.8. The van der Waals surface area contributed by atoms with E-state index in [2.05, 4.69) is 49.5 Å². The summed E-state index contributed by atoms with van der Waals surface area (Å²) in [4.78, 5) is 15.0. The van der Waals surface area contributed by atoms with E-state index < -0.39 is 6.35 Å². The molecule has 38 heavy (non-hydrogen) atoms. The molecule has 0 amide bonds. The number of rotatable bonds is 10. The summed E-state index contributed by atoms with van der Waals surface area (Å²) < 4.78 is 10.6. The number of nitrogens with zero attached hydrogens (tertiary/aromatic N) is 5. The van der Waals surface area contributed by atoms with E-state index in [1.807, 2.05) is 12.1 Å². The van der Waals surface area contributed by atoms with Crippen molar-refractivity contribution < 1.29 is 14.6 Å². The average molecular weight is 563 g/mol. The fraction of sp³-hybridized carbons (Fsp3) is 0.385. The molecular formula is C26H33Cl2N7O3. The third-order valence-electron chi connectivity index (χ3n) is 6.55. The molecule has 3 aromatic rings. The maximum Gasteiger partial charge on any atom is 0.206 e. The monoisotopic (exact) mass is 561 g/mol. The van der Waals surface area contributed by atoms with E-state index in [1.54, 1.807) is 19.2 Å². The first-order chi connectivity index (χ1) is 18.3. The number of halogens is 2. The van der Waals surface area contributed by atoms with E-state index in [4.69, 9.17) is 32.7 Å². The fourth-order valence-electron chi connectivity index (χ4n) is 4.20. The minimum absolute atomic E-state index is 0.214. The number of ether oxygens (including phenoxy) is 2. The summed E-state index contributed by atoms with van der Waals surface area (Å²) in [5, 5.41) is 17.5. The molecular weight excluding hydrogens is 529 g/mol. The van der Waals surface area contributed by atoms with E-state index in [0.717, 1.165) is 38.4 Å². The van der Waals surface area contributed by atoms with Gasteiger partial charge >= 0.3 is 0 Å². The van der Waals surface area contributed by atoms with Crippen molar-refractivity contribution in [2.24, 2.45) is 0 Å². The highest BCUT2D eigenvalue weighted by atomic mass is 35.5. The summed E-state index contributed by atoms with van der Waals surface area (Å²) in [5.41, 5.74) is 2.37. The van der Waals surface area contributed by atoms with Crippen LogP contribution < -0.4 is 29.9 Å². The number of anilines is 5. The van der Waals surface area contributed by atoms with Gasteiger partial charge < -0.3 is 39.9 Å². The van der Waals surface area contributed by atoms with Gasteiger partial charge in [-0.05, 0) is 30.8 Å². The number of aliphatic hydroxyl groups is 1. The quantitative estimate of drug-likeness (QED) is 0.306. The molecule has 1 atom stereocenters. The van der Waals surface area contributed by atoms with Crippen LogP contribution in [0.4, 0.5) is 28.7 Å². The second-order valence-corrected chi connectivity index (χ2v) is 9.52. The van der Waals surface area contributed by atoms with E-state index in [9.17, 15) is 5.11 Å². The lowest BCUT2D eigenvalue weighted by atomic mass is 10.2. The lowest BCUT2D eigenvalue weighted by molar-refractivity contribution is 0.203. The molecule has 2 aromatic carbocycles. The van der Waals surface area contributed by atoms with Crippen molar-refractivity contribution in [3.63, 3.8) is 0 Å². The number of aromatic nitrogens is 2. The van der Waals surface area contributed by atoms with Crippen LogP contribution in [-0.4, -0.2) is 80.3 Å². The van der Waals surface area contributed by atoms with Crippen LogP contribution in [0.25, 0.3) is 0 Å². The number of aliphatic hydroxyl groups excluding tert-OH is 1. The van der Waals surface area contributed by atoms with Gasteiger partial charge in [-0.3, -0.25) is 0 Å². The molecule has 1 fully saturated rings. The van der Waals surface area contributed by atoms with Crippen LogP contribution in [0, 0.1) is 0 Å². The minimum atomic E-state index is -1.22. The van der Waals surface area contributed by atoms with Crippen molar-refractivity contribution in [2.75, 3.05) is 74.4 Å². The maximum atomic E-state index is 10.9. The predicted molar refractivity (Wildman–Crippen MR) is 154 cm³/mol. The second kappa shape index (κ2) is 12.6. The van der Waals surface area contributed by atoms with E-state index in [-0.39, 0.29) is 15.7 Å². The highest BCUT2D eigenvalue weighted by Gasteiger charge is 2.22. The van der Waals surface area contributed by atoms with Gasteiger partial charge in [-0.2, -0.15) is 0 Å². The predicted octanol–water partition coefficient (Wildman–Crippen LogP) is 4.51. The SMILES string of the molecule is CCN1CCN(c2ccc(Nc3cc(N(C)C(O)Nc4c(Cl)c(OC)cc(OC)c4Cl)ncn3)cc2)CC1. The van der Waals surface area contributed by atoms with E-state index in [0.29, 0.717) is 23.1 Å². The second-order valence-electron chi connectivity index (χ2n) is 8.77. The fourth-order valence-corrected chi connectivity index (χ4v) is 4.81. The van der Waals surface area contributed by atoms with Gasteiger partial charge in [0.2, 0.25) is 6.35 Å². The number of methoxy groups -OCH3 is 2. The summed E-state index contributed by atoms with van der Waals surface area (Å²) >= 11 is 12.9. The molecule has 3 N–H and O–H groups in total. The zero-order valence-corrected chi connectivity index (χ0v) is 23.4. The van der Waals surface area contributed by atoms with Crippen LogP contribution in [0.3, 0.4) is 0 Å². The zero-order chi connectivity index (χ0) is 27.2. The van der Waals surface area contributed by atoms with Crippen molar-refractivity contribution in [1.29, 1.82) is 0 Å². The van der Waals surface area contributed by atoms with Gasteiger partial charge in [0.15, 0.2) is 0 Å². The van der Waals surface area contributed by atoms with Gasteiger partial charge in [0.05, 0.1) is 19.9 Å². The Balaban J connectivity index is 1.43. The van der Waals surface area contributed by atoms with Gasteiger partial charge in [-0.1, -0.05) is 30.1 Å². The summed E-state index contributed by atoms with van der Waals surface area (Å²) in [7, 11) is 4.64. The summed E-state index contributed by atoms with van der Waals surface area (Å²) in [6.07, 6.45) is 0.203. The molecule has 0 aliphatic carbocycles. The van der Waals surface area contributed by atoms with Crippen molar-refractivity contribution in [1.82, 2.24) is 14.9 Å². The Kier molecular flexibility index (Phi) is 9.22. The summed E-state index contributed by atoms with van der Waals surface area (Å²) in [5.74, 6) is 1.76. The maximum absolute atomic E-state index is 10.9. The Labute approximate surface area is 233 Å². The van der Waals surface area contributed by atoms with Crippen LogP contribution in [-0.2, 0) is 0 Å². The number of nitrogens with one attached hydrogen (secondary N) is 2. The first-order valence-electron chi connectivity index (χ1n) is 12.3. The van der Waals surface area contributed by atoms with Gasteiger partial charge in [-0.25, -0.2) is 9.97 Å². The number of likely N-dealkylation sites (N-methyl/N-ethyl adjacent to an activating group) is 1. The molecule has 1 unspecified atom stereocenters. The van der Waals surface area contributed by atoms with Crippen LogP contribution in [0.1, 0.15) is 6.92 Å². The van der Waals surface area contributed by atoms with Crippen LogP contribution in [0.15, 0.2) is 42.7 Å². The topological polar surface area (TPSA) is 98.3 Å². The zero-order valence-electron chi connectivity index (χ0n) is 21.9. The Morgan fingerprint density at radius 2 is 1.63 bits per heavy atom. The standard InChI is InChI=1S/C26H33Cl2N7O3/c1-5-34-10-12-35(13-11-34)18-8-6-17(7-9-18)31-21-15-22(30-16-29-21)33(2)26(36)32-25-23(27)19(37-3)14-20(38-4)24(25)28/h6-9,14-16,26,32,36H,5,10-13H2,1-4H3,(H,29,30,31). The van der Waals surface area contributed by atoms with Crippen LogP contribution in [0.5, 0.6) is 11.5 Å². The summed E-state index contributed by atoms with van der Waals surface area (Å²) in [6, 6.07) is 11.6. The Bertz CT molecular complexity index is 1200. The van der Waals surface area contributed by atoms with Crippen molar-refractivity contribution in [3.8, 4) is 11.5 Å². The lowest BCUT2D eigenvalue weighted by Gasteiger charge is -2.35. The molecule has 0 spiro atoms. The number of benzene rings is 2. The van der Waals surface area contributed by atoms with Gasteiger partial charge in [0, 0.05) is 56.7 Å². The molecule has 1 saturated heterocycles. The minimum Gasteiger partial charge on any atom is -0.495 e. The molecule has 2 heterocycles. The van der Waals surface area contributed by atoms with E-state index in [1.165, 1.54) is 31.1 Å². The van der Waals surface area contributed by atoms with Gasteiger partial charge in [-0.15, -0.1) is 0 Å². The highest BCUT2D eigenvalue weighted by molar-refractivity contribution is 6.41. The molecule has 204 valence electrons. The van der Waals surface area contributed by atoms with E-state index >= 15 is 0 Å². The molecule has 0 saturated carbocycles. The average Bonchev–Trinajstić information content (AvgIpc) is 2.95. The van der Waals surface area contributed by atoms with Crippen molar-refractivity contribution >= 4 is 51.9 Å². The van der Waals surface area contributed by atoms with Gasteiger partial charge in [0.25, 0.3) is 0 Å². The molecule has 4 rings (SSSR count). The third kappa shape index (κ3) is 6.27. The molecule has 10 nitrogen and oxygen atoms in total. The van der Waals surface area contributed by atoms with Crippen LogP contribution >= 0.6 is 23.2 Å². The lowest BCUT2D eigenvalue weighted by Crippen LogP contribution is -2.46. The largest absolute Gasteiger partial charge is 0.495 e.